The Morgan fingerprint density at radius 3 is 2.82 bits per heavy atom. The van der Waals surface area contributed by atoms with Crippen LogP contribution in [0.15, 0.2) is 40.3 Å². The number of aromatic amines is 1. The molecule has 0 aliphatic rings. The van der Waals surface area contributed by atoms with E-state index >= 15 is 0 Å². The van der Waals surface area contributed by atoms with Gasteiger partial charge in [0.2, 0.25) is 0 Å². The number of H-pyrrole nitrogens is 1. The molecule has 6 heteroatoms. The lowest BCUT2D eigenvalue weighted by Gasteiger charge is -2.01. The first-order valence-electron chi connectivity index (χ1n) is 6.84. The van der Waals surface area contributed by atoms with Crippen molar-refractivity contribution in [1.82, 2.24) is 9.97 Å². The van der Waals surface area contributed by atoms with Crippen LogP contribution in [0.5, 0.6) is 0 Å². The van der Waals surface area contributed by atoms with Crippen molar-refractivity contribution in [2.75, 3.05) is 0 Å². The van der Waals surface area contributed by atoms with Crippen LogP contribution in [0.4, 0.5) is 0 Å². The molecule has 0 atom stereocenters. The van der Waals surface area contributed by atoms with Crippen LogP contribution in [-0.4, -0.2) is 9.97 Å². The number of nitrogens with one attached hydrogen (secondary N) is 1. The average molecular weight is 327 g/mol. The molecule has 2 heterocycles. The van der Waals surface area contributed by atoms with Crippen molar-refractivity contribution in [3.8, 4) is 6.07 Å². The van der Waals surface area contributed by atoms with Crippen molar-refractivity contribution < 1.29 is 0 Å². The van der Waals surface area contributed by atoms with E-state index in [1.807, 2.05) is 18.2 Å². The van der Waals surface area contributed by atoms with Gasteiger partial charge in [0, 0.05) is 10.6 Å². The quantitative estimate of drug-likeness (QED) is 0.586. The lowest BCUT2D eigenvalue weighted by Crippen LogP contribution is -2.07. The van der Waals surface area contributed by atoms with E-state index in [1.165, 1.54) is 16.6 Å². The number of fused-ring (bicyclic) bond motifs is 1. The second kappa shape index (κ2) is 6.34. The number of benzene rings is 1. The van der Waals surface area contributed by atoms with E-state index in [2.05, 4.69) is 23.0 Å². The van der Waals surface area contributed by atoms with E-state index in [9.17, 15) is 4.79 Å². The molecule has 22 heavy (non-hydrogen) atoms. The van der Waals surface area contributed by atoms with Gasteiger partial charge in [0.05, 0.1) is 17.0 Å². The lowest BCUT2D eigenvalue weighted by molar-refractivity contribution is 0.979. The fourth-order valence-electron chi connectivity index (χ4n) is 2.03. The summed E-state index contributed by atoms with van der Waals surface area (Å²) in [4.78, 5) is 21.4. The van der Waals surface area contributed by atoms with Crippen LogP contribution in [0, 0.1) is 11.3 Å². The molecule has 3 aromatic rings. The predicted octanol–water partition coefficient (Wildman–Crippen LogP) is 3.71. The van der Waals surface area contributed by atoms with Crippen molar-refractivity contribution in [3.63, 3.8) is 0 Å². The summed E-state index contributed by atoms with van der Waals surface area (Å²) in [6.45, 7) is 2.07. The molecule has 1 aromatic carbocycles. The number of thiophene rings is 1. The van der Waals surface area contributed by atoms with Crippen LogP contribution in [0.3, 0.4) is 0 Å². The Kier molecular flexibility index (Phi) is 4.27. The van der Waals surface area contributed by atoms with Crippen LogP contribution >= 0.6 is 23.1 Å². The zero-order valence-electron chi connectivity index (χ0n) is 11.9. The van der Waals surface area contributed by atoms with Gasteiger partial charge >= 0.3 is 0 Å². The molecule has 110 valence electrons. The summed E-state index contributed by atoms with van der Waals surface area (Å²) < 4.78 is 0. The number of thioether (sulfide) groups is 1. The first-order chi connectivity index (χ1) is 10.7. The summed E-state index contributed by atoms with van der Waals surface area (Å²) in [5, 5.41) is 10.1. The molecule has 2 aromatic heterocycles. The Bertz CT molecular complexity index is 904. The maximum absolute atomic E-state index is 12.1. The molecule has 0 saturated carbocycles. The molecule has 0 fully saturated rings. The standard InChI is InChI=1S/C16H13N3OS2/c1-2-12-7-13-14(20)18-16(19-15(13)22-12)21-9-11-5-3-10(8-17)4-6-11/h3-7H,2,9H2,1H3,(H,18,19,20). The Labute approximate surface area is 135 Å². The molecular formula is C16H13N3OS2. The zero-order valence-corrected chi connectivity index (χ0v) is 13.6. The average Bonchev–Trinajstić information content (AvgIpc) is 2.97. The minimum Gasteiger partial charge on any atom is -0.301 e. The molecule has 0 aliphatic heterocycles. The Morgan fingerprint density at radius 2 is 2.14 bits per heavy atom. The largest absolute Gasteiger partial charge is 0.301 e. The normalized spacial score (nSPS) is 10.7. The number of rotatable bonds is 4. The van der Waals surface area contributed by atoms with E-state index in [4.69, 9.17) is 5.26 Å². The zero-order chi connectivity index (χ0) is 15.5. The predicted molar refractivity (Wildman–Crippen MR) is 90.3 cm³/mol. The third-order valence-corrected chi connectivity index (χ3v) is 5.36. The third kappa shape index (κ3) is 3.06. The number of nitriles is 1. The molecular weight excluding hydrogens is 314 g/mol. The van der Waals surface area contributed by atoms with Crippen molar-refractivity contribution in [1.29, 1.82) is 5.26 Å². The molecule has 0 spiro atoms. The highest BCUT2D eigenvalue weighted by atomic mass is 32.2. The summed E-state index contributed by atoms with van der Waals surface area (Å²) in [6, 6.07) is 11.4. The molecule has 0 unspecified atom stereocenters. The molecule has 0 bridgehead atoms. The van der Waals surface area contributed by atoms with Gasteiger partial charge in [-0.05, 0) is 30.2 Å². The van der Waals surface area contributed by atoms with Crippen molar-refractivity contribution in [2.45, 2.75) is 24.3 Å². The van der Waals surface area contributed by atoms with Crippen LogP contribution in [0.1, 0.15) is 22.9 Å². The van der Waals surface area contributed by atoms with Crippen LogP contribution in [-0.2, 0) is 12.2 Å². The molecule has 3 rings (SSSR count). The van der Waals surface area contributed by atoms with Gasteiger partial charge in [-0.25, -0.2) is 4.98 Å². The smallest absolute Gasteiger partial charge is 0.260 e. The Hall–Kier alpha value is -2.10. The number of nitrogens with zero attached hydrogens (tertiary/aromatic N) is 2. The highest BCUT2D eigenvalue weighted by molar-refractivity contribution is 7.98. The fourth-order valence-corrected chi connectivity index (χ4v) is 3.87. The second-order valence-corrected chi connectivity index (χ2v) is 6.83. The fraction of sp³-hybridized carbons (Fsp3) is 0.188. The van der Waals surface area contributed by atoms with E-state index in [0.717, 1.165) is 16.8 Å². The summed E-state index contributed by atoms with van der Waals surface area (Å²) >= 11 is 3.06. The first kappa shape index (κ1) is 14.8. The number of hydrogen-bond donors (Lipinski definition) is 1. The summed E-state index contributed by atoms with van der Waals surface area (Å²) in [6.07, 6.45) is 0.911. The number of aromatic nitrogens is 2. The van der Waals surface area contributed by atoms with E-state index in [1.54, 1.807) is 23.5 Å². The molecule has 1 N–H and O–H groups in total. The van der Waals surface area contributed by atoms with Crippen LogP contribution in [0.25, 0.3) is 10.2 Å². The second-order valence-electron chi connectivity index (χ2n) is 4.75. The van der Waals surface area contributed by atoms with Crippen LogP contribution < -0.4 is 5.56 Å². The van der Waals surface area contributed by atoms with E-state index in [-0.39, 0.29) is 5.56 Å². The Morgan fingerprint density at radius 1 is 1.36 bits per heavy atom. The maximum atomic E-state index is 12.1. The molecule has 0 amide bonds. The van der Waals surface area contributed by atoms with Crippen molar-refractivity contribution in [2.24, 2.45) is 0 Å². The van der Waals surface area contributed by atoms with Crippen molar-refractivity contribution >= 4 is 33.3 Å². The van der Waals surface area contributed by atoms with Gasteiger partial charge in [0.15, 0.2) is 5.16 Å². The summed E-state index contributed by atoms with van der Waals surface area (Å²) in [5.41, 5.74) is 1.66. The SMILES string of the molecule is CCc1cc2c(=O)[nH]c(SCc3ccc(C#N)cc3)nc2s1. The van der Waals surface area contributed by atoms with Gasteiger partial charge in [-0.1, -0.05) is 30.8 Å². The summed E-state index contributed by atoms with van der Waals surface area (Å²) in [5.74, 6) is 0.701. The minimum atomic E-state index is -0.0803. The molecule has 0 aliphatic carbocycles. The van der Waals surface area contributed by atoms with Gasteiger partial charge in [-0.15, -0.1) is 11.3 Å². The Balaban J connectivity index is 1.81. The topological polar surface area (TPSA) is 69.5 Å². The van der Waals surface area contributed by atoms with Gasteiger partial charge < -0.3 is 4.98 Å². The van der Waals surface area contributed by atoms with E-state index < -0.39 is 0 Å². The monoisotopic (exact) mass is 327 g/mol. The van der Waals surface area contributed by atoms with Gasteiger partial charge in [0.25, 0.3) is 5.56 Å². The third-order valence-electron chi connectivity index (χ3n) is 3.24. The van der Waals surface area contributed by atoms with Gasteiger partial charge in [0.1, 0.15) is 4.83 Å². The maximum Gasteiger partial charge on any atom is 0.260 e. The minimum absolute atomic E-state index is 0.0803. The molecule has 0 saturated heterocycles. The van der Waals surface area contributed by atoms with Crippen molar-refractivity contribution in [3.05, 3.63) is 56.7 Å². The molecule has 0 radical (unpaired) electrons. The van der Waals surface area contributed by atoms with E-state index in [0.29, 0.717) is 21.9 Å². The number of aryl methyl sites for hydroxylation is 1. The highest BCUT2D eigenvalue weighted by Gasteiger charge is 2.08. The lowest BCUT2D eigenvalue weighted by atomic mass is 10.2. The van der Waals surface area contributed by atoms with Gasteiger partial charge in [-0.2, -0.15) is 5.26 Å². The van der Waals surface area contributed by atoms with Crippen LogP contribution in [0.2, 0.25) is 0 Å². The highest BCUT2D eigenvalue weighted by Crippen LogP contribution is 2.25. The van der Waals surface area contributed by atoms with Gasteiger partial charge in [-0.3, -0.25) is 4.79 Å². The number of hydrogen-bond acceptors (Lipinski definition) is 5. The first-order valence-corrected chi connectivity index (χ1v) is 8.64. The summed E-state index contributed by atoms with van der Waals surface area (Å²) in [7, 11) is 0. The molecule has 4 nitrogen and oxygen atoms in total.